The summed E-state index contributed by atoms with van der Waals surface area (Å²) in [5.74, 6) is -0.978. The highest BCUT2D eigenvalue weighted by molar-refractivity contribution is 7.85. The Morgan fingerprint density at radius 2 is 2.27 bits per heavy atom. The molecule has 0 aromatic heterocycles. The fourth-order valence-corrected chi connectivity index (χ4v) is 3.04. The Hall–Kier alpha value is -0.420. The number of aliphatic carboxylic acids is 1. The summed E-state index contributed by atoms with van der Waals surface area (Å²) < 4.78 is 17.2. The summed E-state index contributed by atoms with van der Waals surface area (Å²) in [6.45, 7) is 4.06. The zero-order chi connectivity index (χ0) is 11.4. The van der Waals surface area contributed by atoms with Crippen LogP contribution in [-0.4, -0.2) is 39.0 Å². The number of hydrogen-bond acceptors (Lipinski definition) is 3. The molecule has 0 spiro atoms. The van der Waals surface area contributed by atoms with E-state index in [0.717, 1.165) is 19.4 Å². The van der Waals surface area contributed by atoms with Gasteiger partial charge >= 0.3 is 5.97 Å². The largest absolute Gasteiger partial charge is 0.481 e. The quantitative estimate of drug-likeness (QED) is 0.771. The third kappa shape index (κ3) is 3.57. The summed E-state index contributed by atoms with van der Waals surface area (Å²) in [5, 5.41) is 8.48. The maximum Gasteiger partial charge on any atom is 0.307 e. The Bertz CT molecular complexity index is 248. The van der Waals surface area contributed by atoms with Gasteiger partial charge in [0.2, 0.25) is 0 Å². The smallest absolute Gasteiger partial charge is 0.307 e. The average molecular weight is 234 g/mol. The number of carboxylic acid groups (broad SMARTS) is 1. The molecule has 1 fully saturated rings. The van der Waals surface area contributed by atoms with Crippen molar-refractivity contribution < 1.29 is 18.8 Å². The normalized spacial score (nSPS) is 27.2. The van der Waals surface area contributed by atoms with Crippen LogP contribution in [-0.2, 0) is 20.3 Å². The summed E-state index contributed by atoms with van der Waals surface area (Å²) in [5.41, 5.74) is 0. The summed E-state index contributed by atoms with van der Waals surface area (Å²) in [6.07, 6.45) is 2.03. The second-order valence-electron chi connectivity index (χ2n) is 4.01. The van der Waals surface area contributed by atoms with Gasteiger partial charge in [-0.1, -0.05) is 6.92 Å². The minimum Gasteiger partial charge on any atom is -0.481 e. The van der Waals surface area contributed by atoms with Crippen LogP contribution in [0.2, 0.25) is 0 Å². The molecule has 1 saturated heterocycles. The van der Waals surface area contributed by atoms with E-state index in [1.54, 1.807) is 13.8 Å². The van der Waals surface area contributed by atoms with Crippen molar-refractivity contribution in [3.8, 4) is 0 Å². The first kappa shape index (κ1) is 12.6. The molecule has 1 N–H and O–H groups in total. The lowest BCUT2D eigenvalue weighted by molar-refractivity contribution is -0.141. The number of carboxylic acids is 1. The van der Waals surface area contributed by atoms with Gasteiger partial charge in [-0.25, -0.2) is 0 Å². The van der Waals surface area contributed by atoms with Gasteiger partial charge in [0.25, 0.3) is 0 Å². The minimum atomic E-state index is -1.11. The van der Waals surface area contributed by atoms with E-state index in [1.165, 1.54) is 0 Å². The Labute approximate surface area is 92.5 Å². The monoisotopic (exact) mass is 234 g/mol. The predicted octanol–water partition coefficient (Wildman–Crippen LogP) is 1.02. The van der Waals surface area contributed by atoms with Crippen LogP contribution in [0.5, 0.6) is 0 Å². The van der Waals surface area contributed by atoms with E-state index in [9.17, 15) is 9.00 Å². The van der Waals surface area contributed by atoms with Crippen molar-refractivity contribution in [1.29, 1.82) is 0 Å². The van der Waals surface area contributed by atoms with E-state index < -0.39 is 22.7 Å². The van der Waals surface area contributed by atoms with Crippen molar-refractivity contribution >= 4 is 16.8 Å². The van der Waals surface area contributed by atoms with Crippen molar-refractivity contribution in [3.63, 3.8) is 0 Å². The maximum atomic E-state index is 11.8. The van der Waals surface area contributed by atoms with Crippen molar-refractivity contribution in [3.05, 3.63) is 0 Å². The van der Waals surface area contributed by atoms with Gasteiger partial charge in [-0.15, -0.1) is 0 Å². The molecule has 88 valence electrons. The van der Waals surface area contributed by atoms with Crippen molar-refractivity contribution in [2.75, 3.05) is 12.4 Å². The van der Waals surface area contributed by atoms with E-state index in [0.29, 0.717) is 5.75 Å². The molecular formula is C10H18O4S. The molecule has 0 radical (unpaired) electrons. The summed E-state index contributed by atoms with van der Waals surface area (Å²) >= 11 is 0. The van der Waals surface area contributed by atoms with Crippen LogP contribution >= 0.6 is 0 Å². The number of carbonyl (C=O) groups is 1. The second-order valence-corrected chi connectivity index (χ2v) is 5.85. The second kappa shape index (κ2) is 5.61. The van der Waals surface area contributed by atoms with Gasteiger partial charge in [0, 0.05) is 22.7 Å². The highest BCUT2D eigenvalue weighted by Crippen LogP contribution is 2.17. The fraction of sp³-hybridized carbons (Fsp3) is 0.900. The minimum absolute atomic E-state index is 0.0641. The molecule has 1 aliphatic heterocycles. The van der Waals surface area contributed by atoms with Gasteiger partial charge in [-0.05, 0) is 19.8 Å². The molecule has 0 aromatic rings. The Balaban J connectivity index is 2.41. The van der Waals surface area contributed by atoms with E-state index >= 15 is 0 Å². The Morgan fingerprint density at radius 3 is 2.73 bits per heavy atom. The van der Waals surface area contributed by atoms with E-state index in [4.69, 9.17) is 9.84 Å². The van der Waals surface area contributed by atoms with Gasteiger partial charge < -0.3 is 9.84 Å². The zero-order valence-electron chi connectivity index (χ0n) is 9.14. The van der Waals surface area contributed by atoms with Gasteiger partial charge in [0.05, 0.1) is 17.8 Å². The molecule has 0 aliphatic carbocycles. The first-order chi connectivity index (χ1) is 7.02. The lowest BCUT2D eigenvalue weighted by Crippen LogP contribution is -2.31. The van der Waals surface area contributed by atoms with Crippen LogP contribution in [0.4, 0.5) is 0 Å². The highest BCUT2D eigenvalue weighted by Gasteiger charge is 2.27. The molecule has 4 nitrogen and oxygen atoms in total. The van der Waals surface area contributed by atoms with Gasteiger partial charge in [0.1, 0.15) is 0 Å². The highest BCUT2D eigenvalue weighted by atomic mass is 32.2. The Kier molecular flexibility index (Phi) is 4.73. The maximum absolute atomic E-state index is 11.8. The van der Waals surface area contributed by atoms with Crippen molar-refractivity contribution in [2.45, 2.75) is 38.0 Å². The molecule has 1 heterocycles. The van der Waals surface area contributed by atoms with Crippen LogP contribution < -0.4 is 0 Å². The molecule has 0 bridgehead atoms. The van der Waals surface area contributed by atoms with Gasteiger partial charge in [0.15, 0.2) is 0 Å². The molecule has 1 aliphatic rings. The van der Waals surface area contributed by atoms with Crippen LogP contribution in [0, 0.1) is 5.92 Å². The van der Waals surface area contributed by atoms with Gasteiger partial charge in [-0.3, -0.25) is 9.00 Å². The molecule has 4 unspecified atom stereocenters. The lowest BCUT2D eigenvalue weighted by atomic mass is 10.1. The molecule has 4 atom stereocenters. The average Bonchev–Trinajstić information content (AvgIpc) is 2.67. The molecular weight excluding hydrogens is 216 g/mol. The SMILES string of the molecule is CC(C(=O)O)C(C)S(=O)CC1CCCO1. The standard InChI is InChI=1S/C10H18O4S/c1-7(10(11)12)8(2)15(13)6-9-4-3-5-14-9/h7-9H,3-6H2,1-2H3,(H,11,12). The van der Waals surface area contributed by atoms with Crippen LogP contribution in [0.1, 0.15) is 26.7 Å². The number of rotatable bonds is 5. The third-order valence-electron chi connectivity index (χ3n) is 2.88. The number of hydrogen-bond donors (Lipinski definition) is 1. The first-order valence-corrected chi connectivity index (χ1v) is 6.62. The van der Waals surface area contributed by atoms with Crippen LogP contribution in [0.25, 0.3) is 0 Å². The molecule has 15 heavy (non-hydrogen) atoms. The fourth-order valence-electron chi connectivity index (χ4n) is 1.54. The van der Waals surface area contributed by atoms with Crippen molar-refractivity contribution in [1.82, 2.24) is 0 Å². The lowest BCUT2D eigenvalue weighted by Gasteiger charge is -2.17. The summed E-state index contributed by atoms with van der Waals surface area (Å²) in [7, 11) is -1.11. The van der Waals surface area contributed by atoms with E-state index in [1.807, 2.05) is 0 Å². The van der Waals surface area contributed by atoms with E-state index in [-0.39, 0.29) is 11.4 Å². The summed E-state index contributed by atoms with van der Waals surface area (Å²) in [6, 6.07) is 0. The summed E-state index contributed by atoms with van der Waals surface area (Å²) in [4.78, 5) is 10.7. The zero-order valence-corrected chi connectivity index (χ0v) is 9.96. The van der Waals surface area contributed by atoms with E-state index in [2.05, 4.69) is 0 Å². The molecule has 1 rings (SSSR count). The predicted molar refractivity (Wildman–Crippen MR) is 58.2 cm³/mol. The van der Waals surface area contributed by atoms with Crippen molar-refractivity contribution in [2.24, 2.45) is 5.92 Å². The molecule has 5 heteroatoms. The first-order valence-electron chi connectivity index (χ1n) is 5.24. The molecule has 0 saturated carbocycles. The molecule has 0 amide bonds. The van der Waals surface area contributed by atoms with Crippen LogP contribution in [0.3, 0.4) is 0 Å². The van der Waals surface area contributed by atoms with Crippen LogP contribution in [0.15, 0.2) is 0 Å². The third-order valence-corrected chi connectivity index (χ3v) is 4.82. The number of ether oxygens (including phenoxy) is 1. The molecule has 0 aromatic carbocycles. The Morgan fingerprint density at radius 1 is 1.60 bits per heavy atom. The van der Waals surface area contributed by atoms with Gasteiger partial charge in [-0.2, -0.15) is 0 Å². The topological polar surface area (TPSA) is 63.6 Å².